The smallest absolute Gasteiger partial charge is 0.257 e. The molecular weight excluding hydrogens is 379 g/mol. The summed E-state index contributed by atoms with van der Waals surface area (Å²) in [6.07, 6.45) is 0. The first-order valence-corrected chi connectivity index (χ1v) is 9.54. The average molecular weight is 391 g/mol. The van der Waals surface area contributed by atoms with E-state index < -0.39 is 15.9 Å². The molecule has 1 amide bonds. The molecule has 5 nitrogen and oxygen atoms in total. The highest BCUT2D eigenvalue weighted by Gasteiger charge is 2.14. The van der Waals surface area contributed by atoms with E-state index in [0.717, 1.165) is 4.90 Å². The molecule has 0 saturated carbocycles. The number of hydrogen-bond donors (Lipinski definition) is 2. The van der Waals surface area contributed by atoms with E-state index in [9.17, 15) is 13.2 Å². The number of nitrogens with one attached hydrogen (secondary N) is 2. The van der Waals surface area contributed by atoms with E-state index in [1.54, 1.807) is 24.3 Å². The van der Waals surface area contributed by atoms with Gasteiger partial charge in [-0.15, -0.1) is 16.6 Å². The molecule has 122 valence electrons. The Bertz CT molecular complexity index is 779. The van der Waals surface area contributed by atoms with Crippen LogP contribution in [0.2, 0.25) is 10.0 Å². The number of benzene rings is 2. The minimum atomic E-state index is -3.83. The van der Waals surface area contributed by atoms with Crippen LogP contribution in [0.1, 0.15) is 0 Å². The highest BCUT2D eigenvalue weighted by atomic mass is 35.5. The average Bonchev–Trinajstić information content (AvgIpc) is 2.53. The standard InChI is InChI=1S/C14H12Cl2N2O3S2/c15-10-1-5-12(6-2-10)22-9-14(19)17-18-23(20,21)13-7-3-11(16)4-8-13/h1-8,18H,9H2,(H,17,19). The molecule has 23 heavy (non-hydrogen) atoms. The van der Waals surface area contributed by atoms with Gasteiger partial charge >= 0.3 is 0 Å². The monoisotopic (exact) mass is 390 g/mol. The predicted octanol–water partition coefficient (Wildman–Crippen LogP) is 3.10. The Morgan fingerprint density at radius 1 is 0.957 bits per heavy atom. The van der Waals surface area contributed by atoms with Crippen molar-refractivity contribution >= 4 is 50.9 Å². The van der Waals surface area contributed by atoms with Gasteiger partial charge in [-0.25, -0.2) is 8.42 Å². The van der Waals surface area contributed by atoms with Crippen molar-refractivity contribution in [3.8, 4) is 0 Å². The molecule has 0 aromatic heterocycles. The fourth-order valence-corrected chi connectivity index (χ4v) is 3.32. The summed E-state index contributed by atoms with van der Waals surface area (Å²) in [5.74, 6) is -0.410. The first-order valence-electron chi connectivity index (χ1n) is 6.31. The van der Waals surface area contributed by atoms with Crippen molar-refractivity contribution in [3.63, 3.8) is 0 Å². The van der Waals surface area contributed by atoms with Crippen molar-refractivity contribution in [3.05, 3.63) is 58.6 Å². The lowest BCUT2D eigenvalue weighted by Crippen LogP contribution is -2.42. The van der Waals surface area contributed by atoms with Gasteiger partial charge in [0.05, 0.1) is 10.6 Å². The fraction of sp³-hybridized carbons (Fsp3) is 0.0714. The predicted molar refractivity (Wildman–Crippen MR) is 92.1 cm³/mol. The summed E-state index contributed by atoms with van der Waals surface area (Å²) in [5.41, 5.74) is 2.16. The number of rotatable bonds is 6. The molecule has 0 saturated heterocycles. The van der Waals surface area contributed by atoms with E-state index in [1.165, 1.54) is 36.0 Å². The van der Waals surface area contributed by atoms with Gasteiger partial charge in [0.2, 0.25) is 5.91 Å². The molecule has 0 aliphatic heterocycles. The lowest BCUT2D eigenvalue weighted by atomic mass is 10.4. The molecule has 0 bridgehead atoms. The highest BCUT2D eigenvalue weighted by molar-refractivity contribution is 8.00. The van der Waals surface area contributed by atoms with E-state index in [-0.39, 0.29) is 10.6 Å². The van der Waals surface area contributed by atoms with E-state index in [2.05, 4.69) is 5.43 Å². The molecule has 0 radical (unpaired) electrons. The van der Waals surface area contributed by atoms with Gasteiger partial charge in [-0.2, -0.15) is 0 Å². The van der Waals surface area contributed by atoms with Crippen molar-refractivity contribution in [2.45, 2.75) is 9.79 Å². The van der Waals surface area contributed by atoms with Crippen molar-refractivity contribution in [2.75, 3.05) is 5.75 Å². The summed E-state index contributed by atoms with van der Waals surface area (Å²) in [6.45, 7) is 0. The van der Waals surface area contributed by atoms with Crippen LogP contribution in [0.3, 0.4) is 0 Å². The Kier molecular flexibility index (Phi) is 6.32. The van der Waals surface area contributed by atoms with Crippen LogP contribution in [0.15, 0.2) is 58.3 Å². The van der Waals surface area contributed by atoms with Gasteiger partial charge in [0.15, 0.2) is 0 Å². The van der Waals surface area contributed by atoms with Gasteiger partial charge in [-0.3, -0.25) is 10.2 Å². The minimum absolute atomic E-state index is 0.00699. The number of thioether (sulfide) groups is 1. The summed E-state index contributed by atoms with van der Waals surface area (Å²) in [7, 11) is -3.83. The number of carbonyl (C=O) groups excluding carboxylic acids is 1. The lowest BCUT2D eigenvalue weighted by Gasteiger charge is -2.08. The van der Waals surface area contributed by atoms with Gasteiger partial charge in [0.25, 0.3) is 10.0 Å². The molecule has 0 heterocycles. The zero-order valence-corrected chi connectivity index (χ0v) is 14.8. The Morgan fingerprint density at radius 2 is 1.48 bits per heavy atom. The maximum Gasteiger partial charge on any atom is 0.257 e. The summed E-state index contributed by atoms with van der Waals surface area (Å²) in [6, 6.07) is 12.6. The summed E-state index contributed by atoms with van der Waals surface area (Å²) >= 11 is 12.7. The van der Waals surface area contributed by atoms with Gasteiger partial charge < -0.3 is 0 Å². The third-order valence-electron chi connectivity index (χ3n) is 2.63. The number of hydrogen-bond acceptors (Lipinski definition) is 4. The third kappa shape index (κ3) is 5.71. The molecule has 2 rings (SSSR count). The summed E-state index contributed by atoms with van der Waals surface area (Å²) in [4.78, 5) is 14.6. The van der Waals surface area contributed by atoms with E-state index >= 15 is 0 Å². The number of amides is 1. The van der Waals surface area contributed by atoms with Gasteiger partial charge in [0, 0.05) is 14.9 Å². The zero-order valence-electron chi connectivity index (χ0n) is 11.6. The SMILES string of the molecule is O=C(CSc1ccc(Cl)cc1)NNS(=O)(=O)c1ccc(Cl)cc1. The second-order valence-electron chi connectivity index (χ2n) is 4.35. The number of carbonyl (C=O) groups is 1. The van der Waals surface area contributed by atoms with Gasteiger partial charge in [-0.1, -0.05) is 23.2 Å². The van der Waals surface area contributed by atoms with E-state index in [0.29, 0.717) is 10.0 Å². The summed E-state index contributed by atoms with van der Waals surface area (Å²) in [5, 5.41) is 1.03. The molecule has 0 fully saturated rings. The first kappa shape index (κ1) is 18.1. The topological polar surface area (TPSA) is 75.3 Å². The van der Waals surface area contributed by atoms with Gasteiger partial charge in [0.1, 0.15) is 0 Å². The van der Waals surface area contributed by atoms with Gasteiger partial charge in [-0.05, 0) is 48.5 Å². The second-order valence-corrected chi connectivity index (χ2v) is 7.95. The number of halogens is 2. The van der Waals surface area contributed by atoms with Crippen molar-refractivity contribution < 1.29 is 13.2 Å². The van der Waals surface area contributed by atoms with Crippen LogP contribution in [0.5, 0.6) is 0 Å². The molecular formula is C14H12Cl2N2O3S2. The zero-order chi connectivity index (χ0) is 16.9. The molecule has 2 N–H and O–H groups in total. The van der Waals surface area contributed by atoms with Crippen LogP contribution in [-0.4, -0.2) is 20.1 Å². The van der Waals surface area contributed by atoms with Crippen LogP contribution in [0.25, 0.3) is 0 Å². The molecule has 0 spiro atoms. The quantitative estimate of drug-likeness (QED) is 0.586. The number of sulfonamides is 1. The Labute approximate surface area is 148 Å². The first-order chi connectivity index (χ1) is 10.9. The lowest BCUT2D eigenvalue weighted by molar-refractivity contribution is -0.119. The largest absolute Gasteiger partial charge is 0.277 e. The summed E-state index contributed by atoms with van der Waals surface area (Å²) < 4.78 is 23.9. The second kappa shape index (κ2) is 8.03. The van der Waals surface area contributed by atoms with E-state index in [1.807, 2.05) is 4.83 Å². The molecule has 0 unspecified atom stereocenters. The fourth-order valence-electron chi connectivity index (χ4n) is 1.51. The Balaban J connectivity index is 1.86. The molecule has 0 aliphatic carbocycles. The molecule has 2 aromatic carbocycles. The normalized spacial score (nSPS) is 11.2. The maximum atomic E-state index is 12.0. The third-order valence-corrected chi connectivity index (χ3v) is 5.41. The van der Waals surface area contributed by atoms with Crippen LogP contribution in [0, 0.1) is 0 Å². The van der Waals surface area contributed by atoms with E-state index in [4.69, 9.17) is 23.2 Å². The van der Waals surface area contributed by atoms with Crippen LogP contribution in [0.4, 0.5) is 0 Å². The van der Waals surface area contributed by atoms with Crippen molar-refractivity contribution in [2.24, 2.45) is 0 Å². The minimum Gasteiger partial charge on any atom is -0.277 e. The maximum absolute atomic E-state index is 12.0. The molecule has 0 atom stereocenters. The van der Waals surface area contributed by atoms with Crippen molar-refractivity contribution in [1.82, 2.24) is 10.3 Å². The molecule has 0 aliphatic rings. The Hall–Kier alpha value is -1.25. The van der Waals surface area contributed by atoms with Crippen molar-refractivity contribution in [1.29, 1.82) is 0 Å². The molecule has 2 aromatic rings. The van der Waals surface area contributed by atoms with Crippen LogP contribution >= 0.6 is 35.0 Å². The highest BCUT2D eigenvalue weighted by Crippen LogP contribution is 2.20. The van der Waals surface area contributed by atoms with Crippen LogP contribution < -0.4 is 10.3 Å². The van der Waals surface area contributed by atoms with Crippen LogP contribution in [-0.2, 0) is 14.8 Å². The Morgan fingerprint density at radius 3 is 2.04 bits per heavy atom. The number of hydrazine groups is 1. The molecule has 9 heteroatoms.